The van der Waals surface area contributed by atoms with Crippen molar-refractivity contribution in [1.29, 1.82) is 0 Å². The molecule has 0 bridgehead atoms. The van der Waals surface area contributed by atoms with Crippen LogP contribution in [-0.4, -0.2) is 25.8 Å². The van der Waals surface area contributed by atoms with Crippen LogP contribution in [0.2, 0.25) is 5.02 Å². The van der Waals surface area contributed by atoms with Crippen molar-refractivity contribution in [3.05, 3.63) is 71.4 Å². The van der Waals surface area contributed by atoms with Gasteiger partial charge in [0.15, 0.2) is 18.1 Å². The van der Waals surface area contributed by atoms with E-state index in [2.05, 4.69) is 10.5 Å². The quantitative estimate of drug-likeness (QED) is 0.491. The average Bonchev–Trinajstić information content (AvgIpc) is 3.15. The Balaban J connectivity index is 1.53. The lowest BCUT2D eigenvalue weighted by molar-refractivity contribution is -0.123. The van der Waals surface area contributed by atoms with E-state index in [4.69, 9.17) is 25.5 Å². The monoisotopic (exact) mass is 384 g/mol. The summed E-state index contributed by atoms with van der Waals surface area (Å²) in [6, 6.07) is 18.0. The van der Waals surface area contributed by atoms with E-state index in [0.29, 0.717) is 28.0 Å². The smallest absolute Gasteiger partial charge is 0.277 e. The van der Waals surface area contributed by atoms with E-state index in [9.17, 15) is 4.79 Å². The molecule has 0 aliphatic rings. The van der Waals surface area contributed by atoms with Crippen molar-refractivity contribution >= 4 is 23.7 Å². The molecule has 2 aromatic carbocycles. The van der Waals surface area contributed by atoms with Crippen LogP contribution < -0.4 is 14.9 Å². The minimum absolute atomic E-state index is 0.194. The molecule has 0 atom stereocenters. The first kappa shape index (κ1) is 18.5. The van der Waals surface area contributed by atoms with Gasteiger partial charge in [0.1, 0.15) is 11.5 Å². The van der Waals surface area contributed by atoms with Crippen molar-refractivity contribution in [2.24, 2.45) is 5.10 Å². The minimum Gasteiger partial charge on any atom is -0.493 e. The molecule has 0 saturated carbocycles. The molecule has 1 amide bonds. The maximum Gasteiger partial charge on any atom is 0.277 e. The van der Waals surface area contributed by atoms with Gasteiger partial charge in [-0.05, 0) is 36.4 Å². The lowest BCUT2D eigenvalue weighted by Crippen LogP contribution is -2.24. The summed E-state index contributed by atoms with van der Waals surface area (Å²) in [6.07, 6.45) is 1.40. The number of carbonyl (C=O) groups is 1. The highest BCUT2D eigenvalue weighted by Gasteiger charge is 2.08. The van der Waals surface area contributed by atoms with E-state index in [1.54, 1.807) is 36.4 Å². The summed E-state index contributed by atoms with van der Waals surface area (Å²) < 4.78 is 16.2. The maximum absolute atomic E-state index is 11.8. The number of para-hydroxylation sites is 2. The van der Waals surface area contributed by atoms with E-state index in [1.807, 2.05) is 24.3 Å². The molecule has 0 aliphatic carbocycles. The number of ether oxygens (including phenoxy) is 2. The molecule has 7 heteroatoms. The molecule has 0 fully saturated rings. The second-order valence-corrected chi connectivity index (χ2v) is 5.82. The van der Waals surface area contributed by atoms with Gasteiger partial charge >= 0.3 is 0 Å². The van der Waals surface area contributed by atoms with Crippen molar-refractivity contribution in [2.45, 2.75) is 0 Å². The Morgan fingerprint density at radius 1 is 1.11 bits per heavy atom. The van der Waals surface area contributed by atoms with Gasteiger partial charge in [-0.15, -0.1) is 0 Å². The Morgan fingerprint density at radius 3 is 2.63 bits per heavy atom. The zero-order chi connectivity index (χ0) is 19.1. The van der Waals surface area contributed by atoms with Gasteiger partial charge in [-0.25, -0.2) is 5.43 Å². The summed E-state index contributed by atoms with van der Waals surface area (Å²) in [7, 11) is 1.53. The van der Waals surface area contributed by atoms with Crippen LogP contribution in [0.15, 0.2) is 70.2 Å². The van der Waals surface area contributed by atoms with Crippen molar-refractivity contribution < 1.29 is 18.7 Å². The first-order chi connectivity index (χ1) is 13.2. The van der Waals surface area contributed by atoms with E-state index in [0.717, 1.165) is 5.56 Å². The van der Waals surface area contributed by atoms with Crippen LogP contribution in [0.1, 0.15) is 5.76 Å². The third kappa shape index (κ3) is 4.89. The largest absolute Gasteiger partial charge is 0.493 e. The zero-order valence-corrected chi connectivity index (χ0v) is 15.3. The highest BCUT2D eigenvalue weighted by molar-refractivity contribution is 6.33. The van der Waals surface area contributed by atoms with Crippen molar-refractivity contribution in [3.8, 4) is 22.8 Å². The van der Waals surface area contributed by atoms with Gasteiger partial charge in [0.25, 0.3) is 5.91 Å². The number of nitrogens with zero attached hydrogens (tertiary/aromatic N) is 1. The molecule has 1 N–H and O–H groups in total. The molecule has 0 spiro atoms. The lowest BCUT2D eigenvalue weighted by Gasteiger charge is -2.08. The Morgan fingerprint density at radius 2 is 1.85 bits per heavy atom. The molecule has 0 saturated heterocycles. The molecule has 1 heterocycles. The van der Waals surface area contributed by atoms with Gasteiger partial charge in [-0.1, -0.05) is 35.9 Å². The molecular formula is C20H17ClN2O4. The summed E-state index contributed by atoms with van der Waals surface area (Å²) in [4.78, 5) is 11.8. The number of furan rings is 1. The number of hydrogen-bond acceptors (Lipinski definition) is 5. The Kier molecular flexibility index (Phi) is 6.12. The van der Waals surface area contributed by atoms with Gasteiger partial charge < -0.3 is 13.9 Å². The molecule has 138 valence electrons. The number of nitrogens with one attached hydrogen (secondary N) is 1. The Labute approximate surface area is 161 Å². The van der Waals surface area contributed by atoms with Crippen molar-refractivity contribution in [2.75, 3.05) is 13.7 Å². The van der Waals surface area contributed by atoms with Crippen LogP contribution >= 0.6 is 11.6 Å². The molecular weight excluding hydrogens is 368 g/mol. The number of benzene rings is 2. The Hall–Kier alpha value is -3.25. The summed E-state index contributed by atoms with van der Waals surface area (Å²) in [5.41, 5.74) is 3.16. The molecule has 0 aliphatic heterocycles. The van der Waals surface area contributed by atoms with E-state index in [1.165, 1.54) is 13.3 Å². The third-order valence-electron chi connectivity index (χ3n) is 3.57. The molecule has 0 radical (unpaired) electrons. The maximum atomic E-state index is 11.8. The SMILES string of the molecule is COc1ccccc1OCC(=O)N/N=C\c1ccc(-c2ccccc2Cl)o1. The fourth-order valence-corrected chi connectivity index (χ4v) is 2.54. The number of hydrogen-bond donors (Lipinski definition) is 1. The molecule has 27 heavy (non-hydrogen) atoms. The van der Waals surface area contributed by atoms with Gasteiger partial charge in [0, 0.05) is 5.56 Å². The first-order valence-electron chi connectivity index (χ1n) is 8.10. The van der Waals surface area contributed by atoms with Gasteiger partial charge in [0.05, 0.1) is 18.3 Å². The van der Waals surface area contributed by atoms with E-state index in [-0.39, 0.29) is 6.61 Å². The predicted octanol–water partition coefficient (Wildman–Crippen LogP) is 4.14. The van der Waals surface area contributed by atoms with Crippen LogP contribution in [-0.2, 0) is 4.79 Å². The second kappa shape index (κ2) is 8.91. The van der Waals surface area contributed by atoms with Crippen LogP contribution in [0.25, 0.3) is 11.3 Å². The number of rotatable bonds is 7. The van der Waals surface area contributed by atoms with Crippen molar-refractivity contribution in [3.63, 3.8) is 0 Å². The van der Waals surface area contributed by atoms with E-state index < -0.39 is 5.91 Å². The number of halogens is 1. The molecule has 6 nitrogen and oxygen atoms in total. The van der Waals surface area contributed by atoms with Crippen LogP contribution in [0.4, 0.5) is 0 Å². The third-order valence-corrected chi connectivity index (χ3v) is 3.90. The molecule has 3 aromatic rings. The predicted molar refractivity (Wildman–Crippen MR) is 103 cm³/mol. The standard InChI is InChI=1S/C20H17ClN2O4/c1-25-18-8-4-5-9-19(18)26-13-20(24)23-22-12-14-10-11-17(27-14)15-6-2-3-7-16(15)21/h2-12H,13H2,1H3,(H,23,24)/b22-12-. The topological polar surface area (TPSA) is 73.1 Å². The number of methoxy groups -OCH3 is 1. The fourth-order valence-electron chi connectivity index (χ4n) is 2.31. The molecule has 1 aromatic heterocycles. The summed E-state index contributed by atoms with van der Waals surface area (Å²) >= 11 is 6.15. The molecule has 3 rings (SSSR count). The van der Waals surface area contributed by atoms with Gasteiger partial charge in [0.2, 0.25) is 0 Å². The Bertz CT molecular complexity index is 952. The van der Waals surface area contributed by atoms with Crippen LogP contribution in [0.5, 0.6) is 11.5 Å². The van der Waals surface area contributed by atoms with E-state index >= 15 is 0 Å². The second-order valence-electron chi connectivity index (χ2n) is 5.41. The number of carbonyl (C=O) groups excluding carboxylic acids is 1. The highest BCUT2D eigenvalue weighted by atomic mass is 35.5. The number of amides is 1. The number of hydrazone groups is 1. The fraction of sp³-hybridized carbons (Fsp3) is 0.100. The van der Waals surface area contributed by atoms with Gasteiger partial charge in [-0.3, -0.25) is 4.79 Å². The average molecular weight is 385 g/mol. The van der Waals surface area contributed by atoms with Crippen LogP contribution in [0.3, 0.4) is 0 Å². The minimum atomic E-state index is -0.407. The van der Waals surface area contributed by atoms with Crippen LogP contribution in [0, 0.1) is 0 Å². The summed E-state index contributed by atoms with van der Waals surface area (Å²) in [5, 5.41) is 4.46. The molecule has 0 unspecified atom stereocenters. The highest BCUT2D eigenvalue weighted by Crippen LogP contribution is 2.28. The zero-order valence-electron chi connectivity index (χ0n) is 14.5. The van der Waals surface area contributed by atoms with Gasteiger partial charge in [-0.2, -0.15) is 5.10 Å². The normalized spacial score (nSPS) is 10.7. The summed E-state index contributed by atoms with van der Waals surface area (Å²) in [6.45, 7) is -0.194. The van der Waals surface area contributed by atoms with Crippen molar-refractivity contribution in [1.82, 2.24) is 5.43 Å². The lowest BCUT2D eigenvalue weighted by atomic mass is 10.2. The first-order valence-corrected chi connectivity index (χ1v) is 8.47. The summed E-state index contributed by atoms with van der Waals surface area (Å²) in [5.74, 6) is 1.73.